The number of hydrogen-bond donors (Lipinski definition) is 3. The Labute approximate surface area is 126 Å². The molecule has 0 unspecified atom stereocenters. The molecule has 1 aromatic heterocycles. The van der Waals surface area contributed by atoms with Crippen molar-refractivity contribution < 1.29 is 4.79 Å². The van der Waals surface area contributed by atoms with Gasteiger partial charge in [0.25, 0.3) is 11.5 Å². The number of pyridine rings is 1. The molecule has 4 N–H and O–H groups in total. The number of H-pyrrole nitrogens is 1. The van der Waals surface area contributed by atoms with Crippen molar-refractivity contribution in [1.82, 2.24) is 4.98 Å². The van der Waals surface area contributed by atoms with E-state index in [1.165, 1.54) is 12.3 Å². The number of carbonyl (C=O) groups excluding carboxylic acids is 1. The highest BCUT2D eigenvalue weighted by Crippen LogP contribution is 2.20. The molecule has 0 aliphatic heterocycles. The number of benzene rings is 1. The second-order valence-corrected chi connectivity index (χ2v) is 4.47. The Hall–Kier alpha value is -2.55. The van der Waals surface area contributed by atoms with Gasteiger partial charge in [0.1, 0.15) is 5.56 Å². The SMILES string of the molecule is NCC#Cc1cc(NC(=O)c2ccc[nH]c2=O)ccc1Cl. The van der Waals surface area contributed by atoms with Crippen LogP contribution in [0.15, 0.2) is 41.3 Å². The summed E-state index contributed by atoms with van der Waals surface area (Å²) in [5, 5.41) is 3.09. The highest BCUT2D eigenvalue weighted by atomic mass is 35.5. The number of aromatic amines is 1. The number of nitrogens with two attached hydrogens (primary N) is 1. The van der Waals surface area contributed by atoms with Gasteiger partial charge in [0.2, 0.25) is 0 Å². The van der Waals surface area contributed by atoms with Gasteiger partial charge in [-0.05, 0) is 30.3 Å². The zero-order valence-electron chi connectivity index (χ0n) is 10.9. The summed E-state index contributed by atoms with van der Waals surface area (Å²) in [6.45, 7) is 0.215. The number of halogens is 1. The fourth-order valence-electron chi connectivity index (χ4n) is 1.64. The molecule has 106 valence electrons. The summed E-state index contributed by atoms with van der Waals surface area (Å²) >= 11 is 6.00. The molecule has 0 saturated carbocycles. The number of rotatable bonds is 2. The van der Waals surface area contributed by atoms with Crippen molar-refractivity contribution in [3.8, 4) is 11.8 Å². The van der Waals surface area contributed by atoms with E-state index in [-0.39, 0.29) is 12.1 Å². The molecular weight excluding hydrogens is 290 g/mol. The molecule has 6 heteroatoms. The van der Waals surface area contributed by atoms with E-state index < -0.39 is 11.5 Å². The maximum atomic E-state index is 12.0. The standard InChI is InChI=1S/C15H12ClN3O2/c16-13-6-5-11(9-10(13)3-1-7-17)19-15(21)12-4-2-8-18-14(12)20/h2,4-6,8-9H,7,17H2,(H,18,20)(H,19,21). The van der Waals surface area contributed by atoms with Gasteiger partial charge in [-0.15, -0.1) is 0 Å². The fraction of sp³-hybridized carbons (Fsp3) is 0.0667. The van der Waals surface area contributed by atoms with Crippen LogP contribution in [0, 0.1) is 11.8 Å². The van der Waals surface area contributed by atoms with Crippen LogP contribution in [0.5, 0.6) is 0 Å². The van der Waals surface area contributed by atoms with Gasteiger partial charge in [0.15, 0.2) is 0 Å². The van der Waals surface area contributed by atoms with E-state index in [9.17, 15) is 9.59 Å². The van der Waals surface area contributed by atoms with Gasteiger partial charge in [-0.3, -0.25) is 9.59 Å². The molecule has 0 fully saturated rings. The van der Waals surface area contributed by atoms with Crippen molar-refractivity contribution in [3.63, 3.8) is 0 Å². The summed E-state index contributed by atoms with van der Waals surface area (Å²) in [6.07, 6.45) is 1.46. The van der Waals surface area contributed by atoms with E-state index in [2.05, 4.69) is 22.1 Å². The highest BCUT2D eigenvalue weighted by molar-refractivity contribution is 6.31. The average molecular weight is 302 g/mol. The molecule has 1 aromatic carbocycles. The lowest BCUT2D eigenvalue weighted by Crippen LogP contribution is -2.22. The third-order valence-electron chi connectivity index (χ3n) is 2.61. The lowest BCUT2D eigenvalue weighted by molar-refractivity contribution is 0.102. The molecule has 0 aliphatic carbocycles. The topological polar surface area (TPSA) is 88.0 Å². The Morgan fingerprint density at radius 1 is 1.38 bits per heavy atom. The molecule has 0 radical (unpaired) electrons. The number of amides is 1. The van der Waals surface area contributed by atoms with Crippen LogP contribution in [-0.2, 0) is 0 Å². The first-order valence-corrected chi connectivity index (χ1v) is 6.47. The van der Waals surface area contributed by atoms with Crippen molar-refractivity contribution in [3.05, 3.63) is 63.0 Å². The van der Waals surface area contributed by atoms with Crippen LogP contribution >= 0.6 is 11.6 Å². The second kappa shape index (κ2) is 6.75. The first kappa shape index (κ1) is 14.9. The zero-order valence-corrected chi connectivity index (χ0v) is 11.7. The molecular formula is C15H12ClN3O2. The Morgan fingerprint density at radius 2 is 2.19 bits per heavy atom. The first-order chi connectivity index (χ1) is 10.1. The van der Waals surface area contributed by atoms with Gasteiger partial charge >= 0.3 is 0 Å². The predicted molar refractivity (Wildman–Crippen MR) is 82.4 cm³/mol. The monoisotopic (exact) mass is 301 g/mol. The molecule has 21 heavy (non-hydrogen) atoms. The summed E-state index contributed by atoms with van der Waals surface area (Å²) in [6, 6.07) is 7.90. The van der Waals surface area contributed by atoms with E-state index in [0.717, 1.165) is 0 Å². The Bertz CT molecular complexity index is 787. The van der Waals surface area contributed by atoms with Crippen LogP contribution in [-0.4, -0.2) is 17.4 Å². The number of anilines is 1. The molecule has 5 nitrogen and oxygen atoms in total. The second-order valence-electron chi connectivity index (χ2n) is 4.07. The first-order valence-electron chi connectivity index (χ1n) is 6.09. The molecule has 2 rings (SSSR count). The van der Waals surface area contributed by atoms with Crippen molar-refractivity contribution in [2.75, 3.05) is 11.9 Å². The van der Waals surface area contributed by atoms with E-state index in [1.54, 1.807) is 24.3 Å². The molecule has 0 saturated heterocycles. The Balaban J connectivity index is 2.26. The van der Waals surface area contributed by atoms with Gasteiger partial charge in [-0.2, -0.15) is 0 Å². The van der Waals surface area contributed by atoms with E-state index >= 15 is 0 Å². The van der Waals surface area contributed by atoms with Gasteiger partial charge in [0, 0.05) is 17.4 Å². The number of hydrogen-bond acceptors (Lipinski definition) is 3. The molecule has 0 atom stereocenters. The smallest absolute Gasteiger partial charge is 0.261 e. The van der Waals surface area contributed by atoms with Crippen molar-refractivity contribution in [2.45, 2.75) is 0 Å². The quantitative estimate of drug-likeness (QED) is 0.736. The Kier molecular flexibility index (Phi) is 4.77. The summed E-state index contributed by atoms with van der Waals surface area (Å²) in [7, 11) is 0. The van der Waals surface area contributed by atoms with Gasteiger partial charge in [-0.25, -0.2) is 0 Å². The van der Waals surface area contributed by atoms with Gasteiger partial charge in [0.05, 0.1) is 11.6 Å². The number of carbonyl (C=O) groups is 1. The van der Waals surface area contributed by atoms with Crippen LogP contribution in [0.1, 0.15) is 15.9 Å². The summed E-state index contributed by atoms with van der Waals surface area (Å²) in [5.41, 5.74) is 5.94. The van der Waals surface area contributed by atoms with Crippen LogP contribution in [0.2, 0.25) is 5.02 Å². The van der Waals surface area contributed by atoms with Crippen LogP contribution in [0.4, 0.5) is 5.69 Å². The zero-order chi connectivity index (χ0) is 15.2. The van der Waals surface area contributed by atoms with Crippen molar-refractivity contribution >= 4 is 23.2 Å². The average Bonchev–Trinajstić information content (AvgIpc) is 2.48. The van der Waals surface area contributed by atoms with E-state index in [0.29, 0.717) is 16.3 Å². The number of aromatic nitrogens is 1. The minimum absolute atomic E-state index is 0.0297. The largest absolute Gasteiger partial charge is 0.328 e. The molecule has 1 amide bonds. The predicted octanol–water partition coefficient (Wildman–Crippen LogP) is 1.59. The molecule has 0 spiro atoms. The third-order valence-corrected chi connectivity index (χ3v) is 2.94. The molecule has 0 bridgehead atoms. The summed E-state index contributed by atoms with van der Waals surface area (Å²) < 4.78 is 0. The van der Waals surface area contributed by atoms with E-state index in [4.69, 9.17) is 17.3 Å². The lowest BCUT2D eigenvalue weighted by atomic mass is 10.2. The van der Waals surface area contributed by atoms with Gasteiger partial charge < -0.3 is 16.0 Å². The van der Waals surface area contributed by atoms with Crippen molar-refractivity contribution in [2.24, 2.45) is 5.73 Å². The molecule has 1 heterocycles. The Morgan fingerprint density at radius 3 is 2.90 bits per heavy atom. The van der Waals surface area contributed by atoms with Gasteiger partial charge in [-0.1, -0.05) is 23.4 Å². The molecule has 0 aliphatic rings. The highest BCUT2D eigenvalue weighted by Gasteiger charge is 2.10. The van der Waals surface area contributed by atoms with E-state index in [1.807, 2.05) is 0 Å². The van der Waals surface area contributed by atoms with Crippen LogP contribution in [0.3, 0.4) is 0 Å². The third kappa shape index (κ3) is 3.72. The van der Waals surface area contributed by atoms with Crippen molar-refractivity contribution in [1.29, 1.82) is 0 Å². The maximum absolute atomic E-state index is 12.0. The molecule has 2 aromatic rings. The van der Waals surface area contributed by atoms with Crippen LogP contribution in [0.25, 0.3) is 0 Å². The number of nitrogens with one attached hydrogen (secondary N) is 2. The van der Waals surface area contributed by atoms with Crippen LogP contribution < -0.4 is 16.6 Å². The minimum Gasteiger partial charge on any atom is -0.328 e. The normalized spacial score (nSPS) is 9.62. The lowest BCUT2D eigenvalue weighted by Gasteiger charge is -2.06. The summed E-state index contributed by atoms with van der Waals surface area (Å²) in [4.78, 5) is 26.0. The summed E-state index contributed by atoms with van der Waals surface area (Å²) in [5.74, 6) is 5.00. The minimum atomic E-state index is -0.503. The maximum Gasteiger partial charge on any atom is 0.261 e. The fourth-order valence-corrected chi connectivity index (χ4v) is 1.81.